The van der Waals surface area contributed by atoms with Crippen LogP contribution < -0.4 is 0 Å². The quantitative estimate of drug-likeness (QED) is 0.869. The van der Waals surface area contributed by atoms with E-state index in [0.29, 0.717) is 0 Å². The van der Waals surface area contributed by atoms with Crippen molar-refractivity contribution in [3.8, 4) is 0 Å². The van der Waals surface area contributed by atoms with Crippen LogP contribution in [-0.4, -0.2) is 34.2 Å². The van der Waals surface area contributed by atoms with Gasteiger partial charge in [0, 0.05) is 18.8 Å². The summed E-state index contributed by atoms with van der Waals surface area (Å²) in [5.41, 5.74) is 1.07. The van der Waals surface area contributed by atoms with Crippen molar-refractivity contribution in [3.05, 3.63) is 30.1 Å². The van der Waals surface area contributed by atoms with E-state index in [9.17, 15) is 5.11 Å². The lowest BCUT2D eigenvalue weighted by Crippen LogP contribution is -2.44. The molecule has 1 fully saturated rings. The molecule has 3 atom stereocenters. The van der Waals surface area contributed by atoms with Gasteiger partial charge in [0.25, 0.3) is 0 Å². The molecule has 0 saturated heterocycles. The molecule has 3 nitrogen and oxygen atoms in total. The van der Waals surface area contributed by atoms with Gasteiger partial charge in [-0.3, -0.25) is 9.88 Å². The molecule has 0 amide bonds. The number of aliphatic hydroxyl groups is 1. The van der Waals surface area contributed by atoms with Crippen LogP contribution in [0.3, 0.4) is 0 Å². The summed E-state index contributed by atoms with van der Waals surface area (Å²) in [6.07, 6.45) is 4.81. The Hall–Kier alpha value is -0.930. The van der Waals surface area contributed by atoms with E-state index in [2.05, 4.69) is 23.9 Å². The van der Waals surface area contributed by atoms with Gasteiger partial charge in [0.15, 0.2) is 0 Å². The average molecular weight is 234 g/mol. The summed E-state index contributed by atoms with van der Waals surface area (Å²) in [5.74, 6) is 0.717. The van der Waals surface area contributed by atoms with Crippen LogP contribution in [0.25, 0.3) is 0 Å². The summed E-state index contributed by atoms with van der Waals surface area (Å²) < 4.78 is 0. The zero-order valence-electron chi connectivity index (χ0n) is 10.7. The number of hydrogen-bond acceptors (Lipinski definition) is 3. The van der Waals surface area contributed by atoms with Gasteiger partial charge in [-0.05, 0) is 44.4 Å². The summed E-state index contributed by atoms with van der Waals surface area (Å²) >= 11 is 0. The number of rotatable bonds is 3. The lowest BCUT2D eigenvalue weighted by atomic mass is 9.84. The Morgan fingerprint density at radius 3 is 2.94 bits per heavy atom. The van der Waals surface area contributed by atoms with E-state index in [1.807, 2.05) is 24.4 Å². The lowest BCUT2D eigenvalue weighted by Gasteiger charge is -2.37. The molecule has 0 aromatic carbocycles. The van der Waals surface area contributed by atoms with Crippen molar-refractivity contribution in [1.29, 1.82) is 0 Å². The third kappa shape index (κ3) is 3.27. The van der Waals surface area contributed by atoms with Gasteiger partial charge in [-0.25, -0.2) is 0 Å². The Bertz CT molecular complexity index is 341. The number of likely N-dealkylation sites (N-methyl/N-ethyl adjacent to an activating group) is 1. The lowest BCUT2D eigenvalue weighted by molar-refractivity contribution is 0.0135. The number of pyridine rings is 1. The van der Waals surface area contributed by atoms with E-state index in [1.54, 1.807) is 0 Å². The summed E-state index contributed by atoms with van der Waals surface area (Å²) in [4.78, 5) is 6.57. The minimum absolute atomic E-state index is 0.181. The molecule has 1 aromatic heterocycles. The molecule has 1 heterocycles. The maximum absolute atomic E-state index is 10.1. The van der Waals surface area contributed by atoms with Gasteiger partial charge in [0.1, 0.15) is 0 Å². The van der Waals surface area contributed by atoms with Crippen molar-refractivity contribution in [2.45, 2.75) is 44.9 Å². The molecule has 94 valence electrons. The summed E-state index contributed by atoms with van der Waals surface area (Å²) in [6.45, 7) is 3.09. The third-order valence-electron chi connectivity index (χ3n) is 3.75. The average Bonchev–Trinajstić information content (AvgIpc) is 2.33. The van der Waals surface area contributed by atoms with Gasteiger partial charge in [0.2, 0.25) is 0 Å². The van der Waals surface area contributed by atoms with Gasteiger partial charge in [-0.2, -0.15) is 0 Å². The molecule has 3 heteroatoms. The normalized spacial score (nSPS) is 29.5. The molecule has 1 N–H and O–H groups in total. The van der Waals surface area contributed by atoms with E-state index in [1.165, 1.54) is 0 Å². The predicted molar refractivity (Wildman–Crippen MR) is 68.5 cm³/mol. The first-order valence-electron chi connectivity index (χ1n) is 6.45. The van der Waals surface area contributed by atoms with Gasteiger partial charge in [0.05, 0.1) is 11.8 Å². The van der Waals surface area contributed by atoms with Crippen LogP contribution in [0.5, 0.6) is 0 Å². The molecular weight excluding hydrogens is 212 g/mol. The van der Waals surface area contributed by atoms with Crippen LogP contribution in [0.2, 0.25) is 0 Å². The number of aliphatic hydroxyl groups excluding tert-OH is 1. The molecule has 1 aliphatic carbocycles. The maximum Gasteiger partial charge on any atom is 0.0695 e. The Labute approximate surface area is 103 Å². The Morgan fingerprint density at radius 2 is 2.24 bits per heavy atom. The van der Waals surface area contributed by atoms with Crippen LogP contribution >= 0.6 is 0 Å². The first-order chi connectivity index (χ1) is 8.16. The molecule has 2 rings (SSSR count). The minimum atomic E-state index is -0.181. The van der Waals surface area contributed by atoms with Crippen molar-refractivity contribution in [2.24, 2.45) is 5.92 Å². The number of nitrogens with zero attached hydrogens (tertiary/aromatic N) is 2. The van der Waals surface area contributed by atoms with Crippen LogP contribution in [-0.2, 0) is 6.54 Å². The molecule has 0 radical (unpaired) electrons. The molecule has 0 spiro atoms. The topological polar surface area (TPSA) is 36.4 Å². The predicted octanol–water partition coefficient (Wildman–Crippen LogP) is 2.06. The smallest absolute Gasteiger partial charge is 0.0695 e. The first kappa shape index (κ1) is 12.5. The fourth-order valence-corrected chi connectivity index (χ4v) is 2.67. The highest BCUT2D eigenvalue weighted by Gasteiger charge is 2.29. The summed E-state index contributed by atoms with van der Waals surface area (Å²) in [5, 5.41) is 10.1. The third-order valence-corrected chi connectivity index (χ3v) is 3.75. The molecule has 17 heavy (non-hydrogen) atoms. The largest absolute Gasteiger partial charge is 0.391 e. The fourth-order valence-electron chi connectivity index (χ4n) is 2.67. The van der Waals surface area contributed by atoms with Crippen molar-refractivity contribution < 1.29 is 5.11 Å². The Kier molecular flexibility index (Phi) is 4.13. The fraction of sp³-hybridized carbons (Fsp3) is 0.643. The van der Waals surface area contributed by atoms with E-state index < -0.39 is 0 Å². The molecule has 1 aromatic rings. The van der Waals surface area contributed by atoms with Crippen molar-refractivity contribution in [3.63, 3.8) is 0 Å². The van der Waals surface area contributed by atoms with Gasteiger partial charge >= 0.3 is 0 Å². The highest BCUT2D eigenvalue weighted by Crippen LogP contribution is 2.27. The maximum atomic E-state index is 10.1. The van der Waals surface area contributed by atoms with Gasteiger partial charge in [-0.1, -0.05) is 13.0 Å². The first-order valence-corrected chi connectivity index (χ1v) is 6.45. The molecule has 1 saturated carbocycles. The zero-order valence-corrected chi connectivity index (χ0v) is 10.7. The van der Waals surface area contributed by atoms with Crippen molar-refractivity contribution in [1.82, 2.24) is 9.88 Å². The van der Waals surface area contributed by atoms with Crippen LogP contribution in [0, 0.1) is 5.92 Å². The Balaban J connectivity index is 1.97. The van der Waals surface area contributed by atoms with Crippen LogP contribution in [0.15, 0.2) is 24.4 Å². The second-order valence-corrected chi connectivity index (χ2v) is 5.29. The van der Waals surface area contributed by atoms with Crippen molar-refractivity contribution >= 4 is 0 Å². The standard InChI is InChI=1S/C14H22N2O/c1-11-6-7-14(17)13(9-11)16(2)10-12-5-3-4-8-15-12/h3-5,8,11,13-14,17H,6-7,9-10H2,1-2H3. The minimum Gasteiger partial charge on any atom is -0.391 e. The molecule has 3 unspecified atom stereocenters. The van der Waals surface area contributed by atoms with E-state index in [4.69, 9.17) is 0 Å². The Morgan fingerprint density at radius 1 is 1.41 bits per heavy atom. The second-order valence-electron chi connectivity index (χ2n) is 5.29. The van der Waals surface area contributed by atoms with Crippen molar-refractivity contribution in [2.75, 3.05) is 7.05 Å². The van der Waals surface area contributed by atoms with Gasteiger partial charge in [-0.15, -0.1) is 0 Å². The number of aromatic nitrogens is 1. The zero-order chi connectivity index (χ0) is 12.3. The van der Waals surface area contributed by atoms with E-state index in [-0.39, 0.29) is 12.1 Å². The van der Waals surface area contributed by atoms with E-state index in [0.717, 1.165) is 37.4 Å². The summed E-state index contributed by atoms with van der Waals surface area (Å²) in [7, 11) is 2.08. The summed E-state index contributed by atoms with van der Waals surface area (Å²) in [6, 6.07) is 6.26. The highest BCUT2D eigenvalue weighted by molar-refractivity contribution is 5.03. The SMILES string of the molecule is CC1CCC(O)C(N(C)Cc2ccccn2)C1. The second kappa shape index (κ2) is 5.61. The molecular formula is C14H22N2O. The van der Waals surface area contributed by atoms with E-state index >= 15 is 0 Å². The molecule has 0 aliphatic heterocycles. The van der Waals surface area contributed by atoms with Crippen LogP contribution in [0.4, 0.5) is 0 Å². The van der Waals surface area contributed by atoms with Crippen LogP contribution in [0.1, 0.15) is 31.9 Å². The highest BCUT2D eigenvalue weighted by atomic mass is 16.3. The van der Waals surface area contributed by atoms with Gasteiger partial charge < -0.3 is 5.11 Å². The monoisotopic (exact) mass is 234 g/mol. The number of hydrogen-bond donors (Lipinski definition) is 1. The molecule has 1 aliphatic rings. The molecule has 0 bridgehead atoms.